The number of rotatable bonds is 6. The van der Waals surface area contributed by atoms with Gasteiger partial charge in [0.1, 0.15) is 12.7 Å². The van der Waals surface area contributed by atoms with E-state index in [1.807, 2.05) is 47.4 Å². The first-order chi connectivity index (χ1) is 14.6. The van der Waals surface area contributed by atoms with E-state index in [0.717, 1.165) is 35.1 Å². The quantitative estimate of drug-likeness (QED) is 0.659. The summed E-state index contributed by atoms with van der Waals surface area (Å²) in [6.45, 7) is 5.44. The molecule has 1 unspecified atom stereocenters. The van der Waals surface area contributed by atoms with Crippen LogP contribution < -0.4 is 10.2 Å². The number of nitrogens with one attached hydrogen (secondary N) is 1. The molecular formula is C22H25ClN6O. The van der Waals surface area contributed by atoms with Gasteiger partial charge in [-0.3, -0.25) is 4.79 Å². The first-order valence-electron chi connectivity index (χ1n) is 10.1. The van der Waals surface area contributed by atoms with Gasteiger partial charge in [-0.25, -0.2) is 9.67 Å². The monoisotopic (exact) mass is 424 g/mol. The van der Waals surface area contributed by atoms with E-state index >= 15 is 0 Å². The molecule has 3 aromatic rings. The van der Waals surface area contributed by atoms with E-state index in [-0.39, 0.29) is 11.9 Å². The summed E-state index contributed by atoms with van der Waals surface area (Å²) in [6.07, 6.45) is 3.18. The minimum atomic E-state index is 0.0755. The molecule has 0 saturated carbocycles. The topological polar surface area (TPSA) is 66.3 Å². The first kappa shape index (κ1) is 20.4. The summed E-state index contributed by atoms with van der Waals surface area (Å²) in [5, 5.41) is 8.21. The van der Waals surface area contributed by atoms with Crippen LogP contribution in [0.15, 0.2) is 61.2 Å². The number of carbonyl (C=O) groups excluding carboxylic acids is 1. The predicted molar refractivity (Wildman–Crippen MR) is 118 cm³/mol. The molecule has 1 atom stereocenters. The lowest BCUT2D eigenvalue weighted by Crippen LogP contribution is -2.51. The van der Waals surface area contributed by atoms with Gasteiger partial charge in [0.15, 0.2) is 0 Å². The molecule has 0 radical (unpaired) electrons. The molecule has 156 valence electrons. The lowest BCUT2D eigenvalue weighted by Gasteiger charge is -2.36. The van der Waals surface area contributed by atoms with E-state index in [2.05, 4.69) is 33.3 Å². The van der Waals surface area contributed by atoms with Crippen molar-refractivity contribution in [2.24, 2.45) is 0 Å². The second-order valence-corrected chi connectivity index (χ2v) is 7.82. The molecule has 2 aromatic carbocycles. The maximum Gasteiger partial charge on any atom is 0.236 e. The van der Waals surface area contributed by atoms with Crippen molar-refractivity contribution in [2.75, 3.05) is 37.6 Å². The molecule has 1 amide bonds. The van der Waals surface area contributed by atoms with Crippen LogP contribution in [0, 0.1) is 0 Å². The Morgan fingerprint density at radius 1 is 1.10 bits per heavy atom. The molecule has 0 spiro atoms. The van der Waals surface area contributed by atoms with Crippen LogP contribution in [0.25, 0.3) is 5.69 Å². The van der Waals surface area contributed by atoms with Gasteiger partial charge in [0.25, 0.3) is 0 Å². The lowest BCUT2D eigenvalue weighted by molar-refractivity contribution is -0.130. The molecule has 1 N–H and O–H groups in total. The van der Waals surface area contributed by atoms with Gasteiger partial charge in [-0.05, 0) is 42.8 Å². The Hall–Kier alpha value is -2.90. The molecule has 4 rings (SSSR count). The molecular weight excluding hydrogens is 400 g/mol. The normalized spacial score (nSPS) is 15.3. The molecule has 2 heterocycles. The third-order valence-electron chi connectivity index (χ3n) is 5.44. The standard InChI is InChI=1S/C22H25ClN6O/c1-17(18-5-7-20(8-6-18)29-16-24-15-26-29)25-14-22(30)28-11-9-27(10-12-28)21-4-2-3-19(23)13-21/h2-8,13,15-17,25H,9-12,14H2,1H3. The van der Waals surface area contributed by atoms with Crippen molar-refractivity contribution in [3.63, 3.8) is 0 Å². The molecule has 1 saturated heterocycles. The van der Waals surface area contributed by atoms with Gasteiger partial charge in [-0.15, -0.1) is 0 Å². The molecule has 7 nitrogen and oxygen atoms in total. The predicted octanol–water partition coefficient (Wildman–Crippen LogP) is 2.92. The largest absolute Gasteiger partial charge is 0.368 e. The molecule has 1 aliphatic heterocycles. The van der Waals surface area contributed by atoms with E-state index in [4.69, 9.17) is 11.6 Å². The van der Waals surface area contributed by atoms with Crippen molar-refractivity contribution in [3.8, 4) is 5.69 Å². The van der Waals surface area contributed by atoms with Gasteiger partial charge in [0.2, 0.25) is 5.91 Å². The fraction of sp³-hybridized carbons (Fsp3) is 0.318. The second-order valence-electron chi connectivity index (χ2n) is 7.38. The summed E-state index contributed by atoms with van der Waals surface area (Å²) in [4.78, 5) is 20.8. The third-order valence-corrected chi connectivity index (χ3v) is 5.68. The number of nitrogens with zero attached hydrogens (tertiary/aromatic N) is 5. The number of halogens is 1. The number of amides is 1. The number of hydrogen-bond donors (Lipinski definition) is 1. The van der Waals surface area contributed by atoms with Gasteiger partial charge >= 0.3 is 0 Å². The SMILES string of the molecule is CC(NCC(=O)N1CCN(c2cccc(Cl)c2)CC1)c1ccc(-n2cncn2)cc1. The molecule has 1 aromatic heterocycles. The highest BCUT2D eigenvalue weighted by Crippen LogP contribution is 2.21. The number of benzene rings is 2. The van der Waals surface area contributed by atoms with Gasteiger partial charge in [-0.2, -0.15) is 5.10 Å². The molecule has 1 fully saturated rings. The summed E-state index contributed by atoms with van der Waals surface area (Å²) in [5.41, 5.74) is 3.19. The van der Waals surface area contributed by atoms with E-state index in [1.165, 1.54) is 6.33 Å². The Morgan fingerprint density at radius 3 is 2.53 bits per heavy atom. The van der Waals surface area contributed by atoms with Gasteiger partial charge in [0.05, 0.1) is 12.2 Å². The summed E-state index contributed by atoms with van der Waals surface area (Å²) < 4.78 is 1.72. The van der Waals surface area contributed by atoms with Crippen LogP contribution in [0.1, 0.15) is 18.5 Å². The summed E-state index contributed by atoms with van der Waals surface area (Å²) >= 11 is 6.09. The van der Waals surface area contributed by atoms with Crippen molar-refractivity contribution in [2.45, 2.75) is 13.0 Å². The Morgan fingerprint density at radius 2 is 1.87 bits per heavy atom. The Labute approximate surface area is 181 Å². The van der Waals surface area contributed by atoms with Crippen molar-refractivity contribution >= 4 is 23.2 Å². The van der Waals surface area contributed by atoms with E-state index in [9.17, 15) is 4.79 Å². The van der Waals surface area contributed by atoms with Crippen LogP contribution in [0.4, 0.5) is 5.69 Å². The summed E-state index contributed by atoms with van der Waals surface area (Å²) in [5.74, 6) is 0.131. The average Bonchev–Trinajstić information content (AvgIpc) is 3.32. The zero-order chi connectivity index (χ0) is 20.9. The van der Waals surface area contributed by atoms with Crippen LogP contribution in [-0.4, -0.2) is 58.3 Å². The van der Waals surface area contributed by atoms with Crippen LogP contribution in [-0.2, 0) is 4.79 Å². The molecule has 1 aliphatic rings. The number of piperazine rings is 1. The molecule has 8 heteroatoms. The van der Waals surface area contributed by atoms with Crippen LogP contribution >= 0.6 is 11.6 Å². The minimum absolute atomic E-state index is 0.0755. The molecule has 0 bridgehead atoms. The summed E-state index contributed by atoms with van der Waals surface area (Å²) in [7, 11) is 0. The lowest BCUT2D eigenvalue weighted by atomic mass is 10.1. The van der Waals surface area contributed by atoms with Gasteiger partial charge < -0.3 is 15.1 Å². The molecule has 30 heavy (non-hydrogen) atoms. The second kappa shape index (κ2) is 9.28. The number of aromatic nitrogens is 3. The van der Waals surface area contributed by atoms with Crippen molar-refractivity contribution in [1.82, 2.24) is 25.0 Å². The highest BCUT2D eigenvalue weighted by molar-refractivity contribution is 6.30. The fourth-order valence-electron chi connectivity index (χ4n) is 3.61. The molecule has 0 aliphatic carbocycles. The van der Waals surface area contributed by atoms with Crippen molar-refractivity contribution < 1.29 is 4.79 Å². The maximum absolute atomic E-state index is 12.6. The Balaban J connectivity index is 1.25. The maximum atomic E-state index is 12.6. The van der Waals surface area contributed by atoms with Crippen LogP contribution in [0.3, 0.4) is 0 Å². The van der Waals surface area contributed by atoms with Crippen molar-refractivity contribution in [1.29, 1.82) is 0 Å². The average molecular weight is 425 g/mol. The highest BCUT2D eigenvalue weighted by atomic mass is 35.5. The van der Waals surface area contributed by atoms with E-state index < -0.39 is 0 Å². The fourth-order valence-corrected chi connectivity index (χ4v) is 3.80. The minimum Gasteiger partial charge on any atom is -0.368 e. The Bertz CT molecular complexity index is 968. The van der Waals surface area contributed by atoms with Gasteiger partial charge in [0, 0.05) is 42.9 Å². The van der Waals surface area contributed by atoms with Crippen LogP contribution in [0.2, 0.25) is 5.02 Å². The Kier molecular flexibility index (Phi) is 6.30. The highest BCUT2D eigenvalue weighted by Gasteiger charge is 2.21. The number of hydrogen-bond acceptors (Lipinski definition) is 5. The number of anilines is 1. The first-order valence-corrected chi connectivity index (χ1v) is 10.4. The van der Waals surface area contributed by atoms with Crippen molar-refractivity contribution in [3.05, 3.63) is 71.8 Å². The van der Waals surface area contributed by atoms with Crippen LogP contribution in [0.5, 0.6) is 0 Å². The summed E-state index contributed by atoms with van der Waals surface area (Å²) in [6, 6.07) is 16.0. The smallest absolute Gasteiger partial charge is 0.236 e. The third kappa shape index (κ3) is 4.80. The zero-order valence-electron chi connectivity index (χ0n) is 16.9. The van der Waals surface area contributed by atoms with E-state index in [0.29, 0.717) is 19.6 Å². The van der Waals surface area contributed by atoms with Gasteiger partial charge in [-0.1, -0.05) is 29.8 Å². The van der Waals surface area contributed by atoms with E-state index in [1.54, 1.807) is 11.0 Å². The number of carbonyl (C=O) groups is 1. The zero-order valence-corrected chi connectivity index (χ0v) is 17.7.